The van der Waals surface area contributed by atoms with E-state index in [1.54, 1.807) is 4.90 Å². The molecule has 0 N–H and O–H groups in total. The molecule has 1 aliphatic rings. The number of anilines is 1. The summed E-state index contributed by atoms with van der Waals surface area (Å²) in [4.78, 5) is 20.2. The van der Waals surface area contributed by atoms with Gasteiger partial charge >= 0.3 is 0 Å². The van der Waals surface area contributed by atoms with Crippen molar-refractivity contribution in [2.45, 2.75) is 6.42 Å². The molecule has 0 aliphatic carbocycles. The van der Waals surface area contributed by atoms with Crippen molar-refractivity contribution >= 4 is 45.8 Å². The normalized spacial score (nSPS) is 15.0. The molecule has 1 fully saturated rings. The minimum absolute atomic E-state index is 0.00740. The number of benzene rings is 1. The molecule has 8 heteroatoms. The van der Waals surface area contributed by atoms with Crippen molar-refractivity contribution in [3.05, 3.63) is 40.7 Å². The molecule has 2 heterocycles. The maximum absolute atomic E-state index is 11.6. The van der Waals surface area contributed by atoms with Crippen LogP contribution in [0.1, 0.15) is 11.4 Å². The molecule has 0 spiro atoms. The zero-order chi connectivity index (χ0) is 16.2. The van der Waals surface area contributed by atoms with E-state index in [-0.39, 0.29) is 11.8 Å². The molecule has 1 aromatic carbocycles. The molecular weight excluding hydrogens is 355 g/mol. The SMILES string of the molecule is O=C(CCl)N1CCN(c2nc(Cc3ccc(Cl)cc3)ns2)CC1. The second-order valence-electron chi connectivity index (χ2n) is 5.30. The van der Waals surface area contributed by atoms with Crippen molar-refractivity contribution in [2.75, 3.05) is 37.0 Å². The molecule has 3 rings (SSSR count). The minimum atomic E-state index is -0.00740. The number of carbonyl (C=O) groups is 1. The van der Waals surface area contributed by atoms with Crippen LogP contribution in [-0.4, -0.2) is 52.2 Å². The Hall–Kier alpha value is -1.37. The Labute approximate surface area is 149 Å². The van der Waals surface area contributed by atoms with Gasteiger partial charge in [-0.05, 0) is 17.7 Å². The fourth-order valence-electron chi connectivity index (χ4n) is 2.46. The van der Waals surface area contributed by atoms with Gasteiger partial charge in [0.2, 0.25) is 11.0 Å². The number of alkyl halides is 1. The van der Waals surface area contributed by atoms with Gasteiger partial charge in [-0.15, -0.1) is 11.6 Å². The summed E-state index contributed by atoms with van der Waals surface area (Å²) in [7, 11) is 0. The molecule has 1 saturated heterocycles. The summed E-state index contributed by atoms with van der Waals surface area (Å²) in [6, 6.07) is 7.72. The molecule has 1 aliphatic heterocycles. The van der Waals surface area contributed by atoms with Crippen molar-refractivity contribution in [1.29, 1.82) is 0 Å². The van der Waals surface area contributed by atoms with Crippen LogP contribution < -0.4 is 4.90 Å². The number of nitrogens with zero attached hydrogens (tertiary/aromatic N) is 4. The summed E-state index contributed by atoms with van der Waals surface area (Å²) in [5.41, 5.74) is 1.14. The predicted molar refractivity (Wildman–Crippen MR) is 93.7 cm³/mol. The Morgan fingerprint density at radius 3 is 2.52 bits per heavy atom. The lowest BCUT2D eigenvalue weighted by atomic mass is 10.1. The van der Waals surface area contributed by atoms with Gasteiger partial charge in [-0.25, -0.2) is 4.98 Å². The quantitative estimate of drug-likeness (QED) is 0.776. The number of hydrogen-bond acceptors (Lipinski definition) is 5. The molecule has 23 heavy (non-hydrogen) atoms. The number of halogens is 2. The summed E-state index contributed by atoms with van der Waals surface area (Å²) in [5.74, 6) is 0.850. The molecular formula is C15H16Cl2N4OS. The first kappa shape index (κ1) is 16.5. The van der Waals surface area contributed by atoms with Crippen molar-refractivity contribution in [3.8, 4) is 0 Å². The van der Waals surface area contributed by atoms with E-state index in [9.17, 15) is 4.79 Å². The summed E-state index contributed by atoms with van der Waals surface area (Å²) < 4.78 is 4.43. The van der Waals surface area contributed by atoms with Gasteiger partial charge in [0.1, 0.15) is 11.7 Å². The smallest absolute Gasteiger partial charge is 0.237 e. The topological polar surface area (TPSA) is 49.3 Å². The Bertz CT molecular complexity index is 668. The maximum atomic E-state index is 11.6. The highest BCUT2D eigenvalue weighted by Crippen LogP contribution is 2.21. The molecule has 0 saturated carbocycles. The summed E-state index contributed by atoms with van der Waals surface area (Å²) in [6.45, 7) is 2.88. The zero-order valence-electron chi connectivity index (χ0n) is 12.4. The van der Waals surface area contributed by atoms with Crippen molar-refractivity contribution in [3.63, 3.8) is 0 Å². The molecule has 0 unspecified atom stereocenters. The standard InChI is InChI=1S/C15H16Cl2N4OS/c16-10-14(22)20-5-7-21(8-6-20)15-18-13(19-23-15)9-11-1-3-12(17)4-2-11/h1-4H,5-10H2. The van der Waals surface area contributed by atoms with E-state index >= 15 is 0 Å². The van der Waals surface area contributed by atoms with Crippen LogP contribution in [0.4, 0.5) is 5.13 Å². The van der Waals surface area contributed by atoms with E-state index in [0.717, 1.165) is 34.6 Å². The number of hydrogen-bond donors (Lipinski definition) is 0. The Balaban J connectivity index is 1.59. The zero-order valence-corrected chi connectivity index (χ0v) is 14.7. The van der Waals surface area contributed by atoms with Crippen molar-refractivity contribution in [1.82, 2.24) is 14.3 Å². The number of amides is 1. The van der Waals surface area contributed by atoms with Crippen LogP contribution in [0, 0.1) is 0 Å². The van der Waals surface area contributed by atoms with Crippen LogP contribution in [0.5, 0.6) is 0 Å². The van der Waals surface area contributed by atoms with Gasteiger partial charge in [0.05, 0.1) is 0 Å². The average molecular weight is 371 g/mol. The Kier molecular flexibility index (Phi) is 5.35. The average Bonchev–Trinajstić information content (AvgIpc) is 3.05. The fraction of sp³-hybridized carbons (Fsp3) is 0.400. The molecule has 0 radical (unpaired) electrons. The number of carbonyl (C=O) groups excluding carboxylic acids is 1. The first-order valence-electron chi connectivity index (χ1n) is 7.31. The second kappa shape index (κ2) is 7.47. The molecule has 1 aromatic heterocycles. The van der Waals surface area contributed by atoms with Gasteiger partial charge < -0.3 is 9.80 Å². The van der Waals surface area contributed by atoms with Crippen LogP contribution >= 0.6 is 34.7 Å². The fourth-order valence-corrected chi connectivity index (χ4v) is 3.49. The van der Waals surface area contributed by atoms with Crippen LogP contribution in [0.3, 0.4) is 0 Å². The summed E-state index contributed by atoms with van der Waals surface area (Å²) in [5, 5.41) is 1.64. The Morgan fingerprint density at radius 2 is 1.87 bits per heavy atom. The van der Waals surface area contributed by atoms with E-state index < -0.39 is 0 Å². The predicted octanol–water partition coefficient (Wildman–Crippen LogP) is 2.67. The molecule has 2 aromatic rings. The van der Waals surface area contributed by atoms with Crippen molar-refractivity contribution in [2.24, 2.45) is 0 Å². The number of piperazine rings is 1. The molecule has 1 amide bonds. The highest BCUT2D eigenvalue weighted by Gasteiger charge is 2.22. The first-order chi connectivity index (χ1) is 11.2. The molecule has 5 nitrogen and oxygen atoms in total. The third kappa shape index (κ3) is 4.13. The maximum Gasteiger partial charge on any atom is 0.237 e. The van der Waals surface area contributed by atoms with Crippen LogP contribution in [0.25, 0.3) is 0 Å². The third-order valence-electron chi connectivity index (χ3n) is 3.75. The largest absolute Gasteiger partial charge is 0.343 e. The van der Waals surface area contributed by atoms with Crippen LogP contribution in [0.2, 0.25) is 5.02 Å². The minimum Gasteiger partial charge on any atom is -0.343 e. The van der Waals surface area contributed by atoms with Gasteiger partial charge in [0.25, 0.3) is 0 Å². The van der Waals surface area contributed by atoms with Gasteiger partial charge in [0.15, 0.2) is 0 Å². The number of rotatable bonds is 4. The lowest BCUT2D eigenvalue weighted by molar-refractivity contribution is -0.128. The van der Waals surface area contributed by atoms with E-state index in [2.05, 4.69) is 14.3 Å². The van der Waals surface area contributed by atoms with Gasteiger partial charge in [-0.3, -0.25) is 4.79 Å². The highest BCUT2D eigenvalue weighted by molar-refractivity contribution is 7.09. The van der Waals surface area contributed by atoms with Crippen LogP contribution in [0.15, 0.2) is 24.3 Å². The Morgan fingerprint density at radius 1 is 1.17 bits per heavy atom. The highest BCUT2D eigenvalue weighted by atomic mass is 35.5. The van der Waals surface area contributed by atoms with E-state index in [1.807, 2.05) is 24.3 Å². The lowest BCUT2D eigenvalue weighted by Crippen LogP contribution is -2.49. The summed E-state index contributed by atoms with van der Waals surface area (Å²) >= 11 is 12.9. The van der Waals surface area contributed by atoms with E-state index in [0.29, 0.717) is 19.5 Å². The molecule has 122 valence electrons. The van der Waals surface area contributed by atoms with Gasteiger partial charge in [-0.1, -0.05) is 23.7 Å². The monoisotopic (exact) mass is 370 g/mol. The molecule has 0 bridgehead atoms. The third-order valence-corrected chi connectivity index (χ3v) is 5.05. The van der Waals surface area contributed by atoms with Crippen molar-refractivity contribution < 1.29 is 4.79 Å². The van der Waals surface area contributed by atoms with E-state index in [4.69, 9.17) is 23.2 Å². The first-order valence-corrected chi connectivity index (χ1v) is 9.00. The number of aromatic nitrogens is 2. The lowest BCUT2D eigenvalue weighted by Gasteiger charge is -2.34. The van der Waals surface area contributed by atoms with Gasteiger partial charge in [0, 0.05) is 49.2 Å². The second-order valence-corrected chi connectivity index (χ2v) is 6.73. The molecule has 0 atom stereocenters. The van der Waals surface area contributed by atoms with E-state index in [1.165, 1.54) is 11.5 Å². The summed E-state index contributed by atoms with van der Waals surface area (Å²) in [6.07, 6.45) is 0.693. The van der Waals surface area contributed by atoms with Gasteiger partial charge in [-0.2, -0.15) is 4.37 Å². The van der Waals surface area contributed by atoms with Crippen LogP contribution in [-0.2, 0) is 11.2 Å².